The zero-order valence-electron chi connectivity index (χ0n) is 14.1. The molecular weight excluding hydrogens is 312 g/mol. The van der Waals surface area contributed by atoms with Gasteiger partial charge in [-0.05, 0) is 29.7 Å². The fourth-order valence-electron chi connectivity index (χ4n) is 3.32. The quantitative estimate of drug-likeness (QED) is 0.773. The molecule has 2 amide bonds. The summed E-state index contributed by atoms with van der Waals surface area (Å²) < 4.78 is 0. The van der Waals surface area contributed by atoms with Crippen LogP contribution in [0.25, 0.3) is 10.9 Å². The van der Waals surface area contributed by atoms with Gasteiger partial charge in [0, 0.05) is 43.1 Å². The molecule has 5 heteroatoms. The van der Waals surface area contributed by atoms with E-state index in [1.54, 1.807) is 0 Å². The molecule has 0 aliphatic carbocycles. The van der Waals surface area contributed by atoms with Crippen molar-refractivity contribution < 1.29 is 4.79 Å². The molecule has 1 aliphatic heterocycles. The predicted octanol–water partition coefficient (Wildman–Crippen LogP) is 3.20. The second kappa shape index (κ2) is 6.89. The monoisotopic (exact) mass is 334 g/mol. The van der Waals surface area contributed by atoms with E-state index in [1.165, 1.54) is 11.1 Å². The summed E-state index contributed by atoms with van der Waals surface area (Å²) in [7, 11) is 0. The first-order valence-electron chi connectivity index (χ1n) is 8.69. The van der Waals surface area contributed by atoms with E-state index < -0.39 is 0 Å². The molecule has 0 spiro atoms. The van der Waals surface area contributed by atoms with Crippen LogP contribution in [0, 0.1) is 0 Å². The van der Waals surface area contributed by atoms with Gasteiger partial charge >= 0.3 is 6.03 Å². The van der Waals surface area contributed by atoms with E-state index in [1.807, 2.05) is 29.2 Å². The Morgan fingerprint density at radius 1 is 0.960 bits per heavy atom. The van der Waals surface area contributed by atoms with Crippen LogP contribution in [0.2, 0.25) is 0 Å². The van der Waals surface area contributed by atoms with Crippen molar-refractivity contribution in [3.8, 4) is 0 Å². The number of piperazine rings is 1. The topological polar surface area (TPSA) is 51.4 Å². The molecule has 1 saturated heterocycles. The van der Waals surface area contributed by atoms with Gasteiger partial charge in [0.25, 0.3) is 0 Å². The normalized spacial score (nSPS) is 14.7. The number of nitrogens with zero attached hydrogens (tertiary/aromatic N) is 2. The van der Waals surface area contributed by atoms with Crippen molar-refractivity contribution in [2.24, 2.45) is 0 Å². The van der Waals surface area contributed by atoms with E-state index in [2.05, 4.69) is 51.6 Å². The zero-order valence-corrected chi connectivity index (χ0v) is 14.1. The van der Waals surface area contributed by atoms with E-state index >= 15 is 0 Å². The fraction of sp³-hybridized carbons (Fsp3) is 0.250. The Bertz CT molecular complexity index is 817. The molecule has 128 valence electrons. The average Bonchev–Trinajstić information content (AvgIpc) is 3.10. The summed E-state index contributed by atoms with van der Waals surface area (Å²) in [6.07, 6.45) is 0. The predicted molar refractivity (Wildman–Crippen MR) is 101 cm³/mol. The van der Waals surface area contributed by atoms with E-state index in [4.69, 9.17) is 0 Å². The van der Waals surface area contributed by atoms with Gasteiger partial charge in [-0.25, -0.2) is 4.79 Å². The third-order valence-electron chi connectivity index (χ3n) is 4.70. The molecule has 2 N–H and O–H groups in total. The number of hydrogen-bond donors (Lipinski definition) is 2. The standard InChI is InChI=1S/C20H22N4O/c25-20(21-15-17-14-16-6-4-5-9-19(16)22-17)24-12-10-23(11-13-24)18-7-2-1-3-8-18/h1-9,14,22H,10-13,15H2,(H,21,25). The highest BCUT2D eigenvalue weighted by molar-refractivity contribution is 5.80. The lowest BCUT2D eigenvalue weighted by molar-refractivity contribution is 0.194. The molecule has 1 aromatic heterocycles. The smallest absolute Gasteiger partial charge is 0.317 e. The summed E-state index contributed by atoms with van der Waals surface area (Å²) in [5, 5.41) is 4.19. The number of rotatable bonds is 3. The van der Waals surface area contributed by atoms with Crippen molar-refractivity contribution >= 4 is 22.6 Å². The average molecular weight is 334 g/mol. The van der Waals surface area contributed by atoms with Crippen LogP contribution in [0.5, 0.6) is 0 Å². The minimum absolute atomic E-state index is 0.00590. The van der Waals surface area contributed by atoms with Gasteiger partial charge in [0.2, 0.25) is 0 Å². The maximum atomic E-state index is 12.4. The molecule has 0 unspecified atom stereocenters. The number of aromatic amines is 1. The lowest BCUT2D eigenvalue weighted by atomic mass is 10.2. The van der Waals surface area contributed by atoms with Gasteiger partial charge in [-0.1, -0.05) is 36.4 Å². The largest absolute Gasteiger partial charge is 0.368 e. The molecule has 25 heavy (non-hydrogen) atoms. The summed E-state index contributed by atoms with van der Waals surface area (Å²) in [6.45, 7) is 3.74. The highest BCUT2D eigenvalue weighted by atomic mass is 16.2. The molecule has 1 fully saturated rings. The number of carbonyl (C=O) groups is 1. The van der Waals surface area contributed by atoms with Crippen molar-refractivity contribution in [2.45, 2.75) is 6.54 Å². The van der Waals surface area contributed by atoms with Crippen molar-refractivity contribution in [2.75, 3.05) is 31.1 Å². The van der Waals surface area contributed by atoms with Gasteiger partial charge < -0.3 is 20.1 Å². The highest BCUT2D eigenvalue weighted by Gasteiger charge is 2.21. The maximum Gasteiger partial charge on any atom is 0.317 e. The molecule has 1 aliphatic rings. The highest BCUT2D eigenvalue weighted by Crippen LogP contribution is 2.16. The second-order valence-corrected chi connectivity index (χ2v) is 6.35. The molecule has 0 saturated carbocycles. The fourth-order valence-corrected chi connectivity index (χ4v) is 3.32. The van der Waals surface area contributed by atoms with Crippen LogP contribution in [0.1, 0.15) is 5.69 Å². The first kappa shape index (κ1) is 15.6. The Hall–Kier alpha value is -2.95. The number of anilines is 1. The number of amides is 2. The molecule has 0 atom stereocenters. The maximum absolute atomic E-state index is 12.4. The van der Waals surface area contributed by atoms with Crippen molar-refractivity contribution in [3.05, 3.63) is 66.4 Å². The van der Waals surface area contributed by atoms with E-state index in [0.29, 0.717) is 6.54 Å². The minimum Gasteiger partial charge on any atom is -0.368 e. The molecule has 0 bridgehead atoms. The van der Waals surface area contributed by atoms with Gasteiger partial charge in [0.05, 0.1) is 6.54 Å². The Balaban J connectivity index is 1.30. The van der Waals surface area contributed by atoms with Gasteiger partial charge in [0.15, 0.2) is 0 Å². The Morgan fingerprint density at radius 2 is 1.68 bits per heavy atom. The third kappa shape index (κ3) is 3.45. The molecule has 5 nitrogen and oxygen atoms in total. The number of aromatic nitrogens is 1. The van der Waals surface area contributed by atoms with Crippen LogP contribution in [0.4, 0.5) is 10.5 Å². The zero-order chi connectivity index (χ0) is 17.1. The summed E-state index contributed by atoms with van der Waals surface area (Å²) in [4.78, 5) is 20.0. The van der Waals surface area contributed by atoms with E-state index in [0.717, 1.165) is 37.4 Å². The number of urea groups is 1. The van der Waals surface area contributed by atoms with Crippen LogP contribution in [0.15, 0.2) is 60.7 Å². The number of fused-ring (bicyclic) bond motifs is 1. The molecular formula is C20H22N4O. The van der Waals surface area contributed by atoms with Crippen molar-refractivity contribution in [1.82, 2.24) is 15.2 Å². The van der Waals surface area contributed by atoms with Crippen LogP contribution in [0.3, 0.4) is 0 Å². The summed E-state index contributed by atoms with van der Waals surface area (Å²) in [5.41, 5.74) is 3.35. The summed E-state index contributed by atoms with van der Waals surface area (Å²) in [5.74, 6) is 0. The Kier molecular flexibility index (Phi) is 4.29. The van der Waals surface area contributed by atoms with Crippen LogP contribution < -0.4 is 10.2 Å². The Labute approximate surface area is 147 Å². The molecule has 0 radical (unpaired) electrons. The van der Waals surface area contributed by atoms with Crippen LogP contribution in [-0.4, -0.2) is 42.1 Å². The molecule has 4 rings (SSSR count). The van der Waals surface area contributed by atoms with Gasteiger partial charge in [-0.3, -0.25) is 0 Å². The minimum atomic E-state index is 0.00590. The molecule has 3 aromatic rings. The van der Waals surface area contributed by atoms with E-state index in [9.17, 15) is 4.79 Å². The van der Waals surface area contributed by atoms with Crippen LogP contribution in [-0.2, 0) is 6.54 Å². The lowest BCUT2D eigenvalue weighted by Crippen LogP contribution is -2.51. The number of carbonyl (C=O) groups excluding carboxylic acids is 1. The van der Waals surface area contributed by atoms with Gasteiger partial charge in [0.1, 0.15) is 0 Å². The number of H-pyrrole nitrogens is 1. The SMILES string of the molecule is O=C(NCc1cc2ccccc2[nH]1)N1CCN(c2ccccc2)CC1. The molecule has 2 aromatic carbocycles. The van der Waals surface area contributed by atoms with E-state index in [-0.39, 0.29) is 6.03 Å². The lowest BCUT2D eigenvalue weighted by Gasteiger charge is -2.36. The first-order chi connectivity index (χ1) is 12.3. The number of para-hydroxylation sites is 2. The Morgan fingerprint density at radius 3 is 2.44 bits per heavy atom. The number of nitrogens with one attached hydrogen (secondary N) is 2. The van der Waals surface area contributed by atoms with Crippen LogP contribution >= 0.6 is 0 Å². The van der Waals surface area contributed by atoms with Crippen molar-refractivity contribution in [3.63, 3.8) is 0 Å². The summed E-state index contributed by atoms with van der Waals surface area (Å²) in [6, 6.07) is 20.6. The summed E-state index contributed by atoms with van der Waals surface area (Å²) >= 11 is 0. The second-order valence-electron chi connectivity index (χ2n) is 6.35. The third-order valence-corrected chi connectivity index (χ3v) is 4.70. The van der Waals surface area contributed by atoms with Crippen molar-refractivity contribution in [1.29, 1.82) is 0 Å². The number of hydrogen-bond acceptors (Lipinski definition) is 2. The number of benzene rings is 2. The first-order valence-corrected chi connectivity index (χ1v) is 8.69. The van der Waals surface area contributed by atoms with Gasteiger partial charge in [-0.15, -0.1) is 0 Å². The van der Waals surface area contributed by atoms with Gasteiger partial charge in [-0.2, -0.15) is 0 Å². The molecule has 2 heterocycles.